The lowest BCUT2D eigenvalue weighted by Gasteiger charge is -2.22. The zero-order valence-electron chi connectivity index (χ0n) is 18.2. The molecule has 0 aliphatic carbocycles. The van der Waals surface area contributed by atoms with Crippen molar-refractivity contribution in [3.63, 3.8) is 0 Å². The Balaban J connectivity index is 1.32. The Morgan fingerprint density at radius 1 is 1.16 bits per heavy atom. The molecule has 0 radical (unpaired) electrons. The van der Waals surface area contributed by atoms with Gasteiger partial charge in [-0.2, -0.15) is 0 Å². The molecule has 7 nitrogen and oxygen atoms in total. The van der Waals surface area contributed by atoms with Crippen LogP contribution >= 0.6 is 0 Å². The van der Waals surface area contributed by atoms with E-state index in [-0.39, 0.29) is 0 Å². The Bertz CT molecular complexity index is 1000. The number of ether oxygens (including phenoxy) is 1. The third kappa shape index (κ3) is 5.17. The normalized spacial score (nSPS) is 16.4. The van der Waals surface area contributed by atoms with Gasteiger partial charge in [0.05, 0.1) is 19.3 Å². The largest absolute Gasteiger partial charge is 0.495 e. The molecule has 0 spiro atoms. The van der Waals surface area contributed by atoms with Gasteiger partial charge in [-0.1, -0.05) is 42.5 Å². The van der Waals surface area contributed by atoms with Crippen LogP contribution < -0.4 is 20.3 Å². The molecule has 1 saturated heterocycles. The van der Waals surface area contributed by atoms with Crippen LogP contribution in [0.4, 0.5) is 5.69 Å². The van der Waals surface area contributed by atoms with E-state index in [1.54, 1.807) is 14.2 Å². The number of anilines is 1. The van der Waals surface area contributed by atoms with Crippen LogP contribution in [0, 0.1) is 0 Å². The SMILES string of the molecule is CN=C(NCc1nccn1Cc1ccccc1)NC1CCN(c2ccccc2OC)C1. The number of hydrogen-bond donors (Lipinski definition) is 2. The highest BCUT2D eigenvalue weighted by Gasteiger charge is 2.25. The molecular weight excluding hydrogens is 388 g/mol. The number of nitrogens with one attached hydrogen (secondary N) is 2. The van der Waals surface area contributed by atoms with Crippen LogP contribution in [0.3, 0.4) is 0 Å². The summed E-state index contributed by atoms with van der Waals surface area (Å²) in [6.45, 7) is 3.31. The van der Waals surface area contributed by atoms with Crippen molar-refractivity contribution in [2.75, 3.05) is 32.1 Å². The highest BCUT2D eigenvalue weighted by molar-refractivity contribution is 5.80. The van der Waals surface area contributed by atoms with Crippen LogP contribution in [0.25, 0.3) is 0 Å². The molecule has 162 valence electrons. The van der Waals surface area contributed by atoms with Crippen LogP contribution in [0.5, 0.6) is 5.75 Å². The zero-order chi connectivity index (χ0) is 21.5. The molecule has 7 heteroatoms. The molecule has 1 aliphatic rings. The quantitative estimate of drug-likeness (QED) is 0.456. The van der Waals surface area contributed by atoms with E-state index >= 15 is 0 Å². The van der Waals surface area contributed by atoms with Gasteiger partial charge in [0.2, 0.25) is 0 Å². The summed E-state index contributed by atoms with van der Waals surface area (Å²) in [6, 6.07) is 18.9. The van der Waals surface area contributed by atoms with Crippen molar-refractivity contribution in [3.05, 3.63) is 78.4 Å². The summed E-state index contributed by atoms with van der Waals surface area (Å²) < 4.78 is 7.68. The smallest absolute Gasteiger partial charge is 0.191 e. The van der Waals surface area contributed by atoms with Gasteiger partial charge in [-0.3, -0.25) is 4.99 Å². The first kappa shape index (κ1) is 20.8. The fourth-order valence-electron chi connectivity index (χ4n) is 3.97. The maximum Gasteiger partial charge on any atom is 0.191 e. The highest BCUT2D eigenvalue weighted by Crippen LogP contribution is 2.30. The molecule has 1 atom stereocenters. The molecule has 4 rings (SSSR count). The Kier molecular flexibility index (Phi) is 6.72. The summed E-state index contributed by atoms with van der Waals surface area (Å²) in [5.74, 6) is 2.69. The summed E-state index contributed by atoms with van der Waals surface area (Å²) >= 11 is 0. The van der Waals surface area contributed by atoms with Crippen molar-refractivity contribution in [2.45, 2.75) is 25.6 Å². The third-order valence-electron chi connectivity index (χ3n) is 5.59. The Morgan fingerprint density at radius 2 is 1.97 bits per heavy atom. The summed E-state index contributed by atoms with van der Waals surface area (Å²) in [5.41, 5.74) is 2.40. The van der Waals surface area contributed by atoms with Gasteiger partial charge in [0.15, 0.2) is 5.96 Å². The summed E-state index contributed by atoms with van der Waals surface area (Å²) in [5, 5.41) is 6.97. The average Bonchev–Trinajstić information content (AvgIpc) is 3.46. The minimum Gasteiger partial charge on any atom is -0.495 e. The minimum atomic E-state index is 0.320. The van der Waals surface area contributed by atoms with Crippen molar-refractivity contribution in [2.24, 2.45) is 4.99 Å². The molecule has 3 aromatic rings. The van der Waals surface area contributed by atoms with Crippen LogP contribution in [-0.2, 0) is 13.1 Å². The monoisotopic (exact) mass is 418 g/mol. The second-order valence-electron chi connectivity index (χ2n) is 7.63. The van der Waals surface area contributed by atoms with Gasteiger partial charge in [-0.15, -0.1) is 0 Å². The molecule has 2 N–H and O–H groups in total. The highest BCUT2D eigenvalue weighted by atomic mass is 16.5. The second-order valence-corrected chi connectivity index (χ2v) is 7.63. The molecule has 1 aromatic heterocycles. The first-order chi connectivity index (χ1) is 15.3. The molecule has 2 aromatic carbocycles. The lowest BCUT2D eigenvalue weighted by atomic mass is 10.2. The molecule has 2 heterocycles. The van der Waals surface area contributed by atoms with Crippen molar-refractivity contribution in [1.29, 1.82) is 0 Å². The van der Waals surface area contributed by atoms with Gasteiger partial charge in [0, 0.05) is 45.1 Å². The topological polar surface area (TPSA) is 66.7 Å². The van der Waals surface area contributed by atoms with E-state index in [1.807, 2.05) is 30.6 Å². The van der Waals surface area contributed by atoms with E-state index in [2.05, 4.69) is 66.5 Å². The molecule has 1 fully saturated rings. The number of benzene rings is 2. The fourth-order valence-corrected chi connectivity index (χ4v) is 3.97. The number of hydrogen-bond acceptors (Lipinski definition) is 4. The van der Waals surface area contributed by atoms with Crippen LogP contribution in [0.1, 0.15) is 17.8 Å². The van der Waals surface area contributed by atoms with E-state index in [4.69, 9.17) is 4.74 Å². The molecule has 0 amide bonds. The van der Waals surface area contributed by atoms with E-state index < -0.39 is 0 Å². The lowest BCUT2D eigenvalue weighted by molar-refractivity contribution is 0.415. The predicted octanol–water partition coefficient (Wildman–Crippen LogP) is 2.88. The second kappa shape index (κ2) is 10.0. The first-order valence-electron chi connectivity index (χ1n) is 10.7. The summed E-state index contributed by atoms with van der Waals surface area (Å²) in [4.78, 5) is 11.3. The zero-order valence-corrected chi connectivity index (χ0v) is 18.2. The van der Waals surface area contributed by atoms with Crippen LogP contribution in [-0.4, -0.2) is 48.8 Å². The molecular formula is C24H30N6O. The predicted molar refractivity (Wildman–Crippen MR) is 125 cm³/mol. The number of para-hydroxylation sites is 2. The van der Waals surface area contributed by atoms with Crippen LogP contribution in [0.2, 0.25) is 0 Å². The van der Waals surface area contributed by atoms with Gasteiger partial charge in [0.1, 0.15) is 11.6 Å². The lowest BCUT2D eigenvalue weighted by Crippen LogP contribution is -2.44. The molecule has 1 unspecified atom stereocenters. The number of guanidine groups is 1. The number of methoxy groups -OCH3 is 1. The van der Waals surface area contributed by atoms with Crippen molar-refractivity contribution in [1.82, 2.24) is 20.2 Å². The van der Waals surface area contributed by atoms with Gasteiger partial charge in [-0.25, -0.2) is 4.98 Å². The molecule has 0 saturated carbocycles. The van der Waals surface area contributed by atoms with E-state index in [0.717, 1.165) is 49.3 Å². The van der Waals surface area contributed by atoms with Gasteiger partial charge in [-0.05, 0) is 24.1 Å². The first-order valence-corrected chi connectivity index (χ1v) is 10.7. The van der Waals surface area contributed by atoms with Gasteiger partial charge < -0.3 is 24.8 Å². The fraction of sp³-hybridized carbons (Fsp3) is 0.333. The maximum atomic E-state index is 5.52. The minimum absolute atomic E-state index is 0.320. The summed E-state index contributed by atoms with van der Waals surface area (Å²) in [7, 11) is 3.52. The molecule has 1 aliphatic heterocycles. The van der Waals surface area contributed by atoms with Gasteiger partial charge in [0.25, 0.3) is 0 Å². The number of aliphatic imine (C=N–C) groups is 1. The van der Waals surface area contributed by atoms with Gasteiger partial charge >= 0.3 is 0 Å². The Morgan fingerprint density at radius 3 is 2.77 bits per heavy atom. The average molecular weight is 419 g/mol. The van der Waals surface area contributed by atoms with E-state index in [9.17, 15) is 0 Å². The number of aromatic nitrogens is 2. The Hall–Kier alpha value is -3.48. The molecule has 31 heavy (non-hydrogen) atoms. The van der Waals surface area contributed by atoms with Crippen LogP contribution in [0.15, 0.2) is 72.0 Å². The van der Waals surface area contributed by atoms with E-state index in [0.29, 0.717) is 12.6 Å². The number of imidazole rings is 1. The number of rotatable bonds is 7. The molecule has 0 bridgehead atoms. The standard InChI is InChI=1S/C24H30N6O/c1-25-24(27-16-23-26-13-15-30(23)17-19-8-4-3-5-9-19)28-20-12-14-29(18-20)21-10-6-7-11-22(21)31-2/h3-11,13,15,20H,12,14,16-18H2,1-2H3,(H2,25,27,28). The Labute approximate surface area is 183 Å². The van der Waals surface area contributed by atoms with Crippen molar-refractivity contribution < 1.29 is 4.74 Å². The van der Waals surface area contributed by atoms with Crippen molar-refractivity contribution >= 4 is 11.6 Å². The third-order valence-corrected chi connectivity index (χ3v) is 5.59. The number of nitrogens with zero attached hydrogens (tertiary/aromatic N) is 4. The maximum absolute atomic E-state index is 5.52. The van der Waals surface area contributed by atoms with E-state index in [1.165, 1.54) is 5.56 Å². The van der Waals surface area contributed by atoms with Crippen molar-refractivity contribution in [3.8, 4) is 5.75 Å². The summed E-state index contributed by atoms with van der Waals surface area (Å²) in [6.07, 6.45) is 4.90.